The molecule has 19 heavy (non-hydrogen) atoms. The lowest BCUT2D eigenvalue weighted by molar-refractivity contribution is 0.109. The lowest BCUT2D eigenvalue weighted by Crippen LogP contribution is -2.16. The zero-order valence-electron chi connectivity index (χ0n) is 11.1. The van der Waals surface area contributed by atoms with E-state index < -0.39 is 0 Å². The summed E-state index contributed by atoms with van der Waals surface area (Å²) in [7, 11) is 0. The van der Waals surface area contributed by atoms with Crippen molar-refractivity contribution in [3.8, 4) is 11.4 Å². The summed E-state index contributed by atoms with van der Waals surface area (Å²) in [5.74, 6) is 1.15. The van der Waals surface area contributed by atoms with Crippen molar-refractivity contribution < 1.29 is 4.74 Å². The third-order valence-corrected chi connectivity index (χ3v) is 3.24. The highest BCUT2D eigenvalue weighted by atomic mass is 16.5. The fourth-order valence-corrected chi connectivity index (χ4v) is 2.12. The quantitative estimate of drug-likeness (QED) is 0.885. The Balaban J connectivity index is 2.02. The molecule has 0 unspecified atom stereocenters. The lowest BCUT2D eigenvalue weighted by Gasteiger charge is -2.17. The second-order valence-electron chi connectivity index (χ2n) is 4.96. The van der Waals surface area contributed by atoms with E-state index in [0.717, 1.165) is 23.2 Å². The van der Waals surface area contributed by atoms with Gasteiger partial charge in [0.15, 0.2) is 5.82 Å². The highest BCUT2D eigenvalue weighted by Gasteiger charge is 2.18. The molecule has 3 heterocycles. The molecule has 0 atom stereocenters. The molecule has 0 bridgehead atoms. The Morgan fingerprint density at radius 1 is 1.37 bits per heavy atom. The Morgan fingerprint density at radius 2 is 2.21 bits per heavy atom. The largest absolute Gasteiger partial charge is 0.383 e. The van der Waals surface area contributed by atoms with E-state index in [1.54, 1.807) is 6.20 Å². The van der Waals surface area contributed by atoms with Gasteiger partial charge < -0.3 is 10.5 Å². The molecule has 0 aliphatic carbocycles. The van der Waals surface area contributed by atoms with Crippen LogP contribution in [0.15, 0.2) is 12.4 Å². The van der Waals surface area contributed by atoms with E-state index in [9.17, 15) is 0 Å². The topological polar surface area (TPSA) is 78.9 Å². The Morgan fingerprint density at radius 3 is 2.95 bits per heavy atom. The van der Waals surface area contributed by atoms with Gasteiger partial charge in [-0.1, -0.05) is 0 Å². The van der Waals surface area contributed by atoms with Gasteiger partial charge in [-0.15, -0.1) is 0 Å². The molecule has 2 aromatic heterocycles. The maximum Gasteiger partial charge on any atom is 0.164 e. The second kappa shape index (κ2) is 4.62. The minimum atomic E-state index is 0.317. The van der Waals surface area contributed by atoms with Gasteiger partial charge >= 0.3 is 0 Å². The van der Waals surface area contributed by atoms with Crippen molar-refractivity contribution in [2.24, 2.45) is 0 Å². The number of hydrogen-bond donors (Lipinski definition) is 1. The number of nitrogen functional groups attached to an aromatic ring is 1. The van der Waals surface area contributed by atoms with E-state index in [1.807, 2.05) is 10.9 Å². The Hall–Kier alpha value is -1.95. The lowest BCUT2D eigenvalue weighted by atomic mass is 10.1. The molecule has 100 valence electrons. The predicted octanol–water partition coefficient (Wildman–Crippen LogP) is 1.58. The number of rotatable bonds is 2. The maximum absolute atomic E-state index is 5.99. The molecule has 0 spiro atoms. The fraction of sp³-hybridized carbons (Fsp3) is 0.462. The molecule has 2 N–H and O–H groups in total. The van der Waals surface area contributed by atoms with Gasteiger partial charge in [0.25, 0.3) is 0 Å². The van der Waals surface area contributed by atoms with Gasteiger partial charge in [-0.3, -0.25) is 4.68 Å². The maximum atomic E-state index is 5.99. The van der Waals surface area contributed by atoms with Crippen molar-refractivity contribution in [2.45, 2.75) is 32.9 Å². The van der Waals surface area contributed by atoms with Gasteiger partial charge in [0, 0.05) is 24.2 Å². The number of aromatic nitrogens is 4. The Bertz CT molecular complexity index is 605. The standard InChI is InChI=1S/C13H17N5O/c1-8(2)18-6-9(5-15-18)13-16-11-3-4-19-7-10(11)12(14)17-13/h5-6,8H,3-4,7H2,1-2H3,(H2,14,16,17). The number of nitrogens with zero attached hydrogens (tertiary/aromatic N) is 4. The van der Waals surface area contributed by atoms with Gasteiger partial charge in [-0.05, 0) is 13.8 Å². The smallest absolute Gasteiger partial charge is 0.164 e. The van der Waals surface area contributed by atoms with E-state index >= 15 is 0 Å². The van der Waals surface area contributed by atoms with Crippen LogP contribution >= 0.6 is 0 Å². The van der Waals surface area contributed by atoms with Crippen LogP contribution in [0.25, 0.3) is 11.4 Å². The van der Waals surface area contributed by atoms with Crippen molar-refractivity contribution in [1.29, 1.82) is 0 Å². The zero-order chi connectivity index (χ0) is 13.4. The summed E-state index contributed by atoms with van der Waals surface area (Å²) in [6.07, 6.45) is 4.51. The average Bonchev–Trinajstić information content (AvgIpc) is 2.88. The predicted molar refractivity (Wildman–Crippen MR) is 71.4 cm³/mol. The molecule has 0 amide bonds. The van der Waals surface area contributed by atoms with Crippen LogP contribution in [0.3, 0.4) is 0 Å². The summed E-state index contributed by atoms with van der Waals surface area (Å²) in [4.78, 5) is 8.96. The van der Waals surface area contributed by atoms with Gasteiger partial charge in [-0.25, -0.2) is 9.97 Å². The van der Waals surface area contributed by atoms with Gasteiger partial charge in [0.05, 0.1) is 30.7 Å². The summed E-state index contributed by atoms with van der Waals surface area (Å²) >= 11 is 0. The third kappa shape index (κ3) is 2.19. The van der Waals surface area contributed by atoms with Crippen molar-refractivity contribution in [3.63, 3.8) is 0 Å². The normalized spacial score (nSPS) is 14.7. The van der Waals surface area contributed by atoms with Crippen LogP contribution in [0.4, 0.5) is 5.82 Å². The molecule has 3 rings (SSSR count). The average molecular weight is 259 g/mol. The summed E-state index contributed by atoms with van der Waals surface area (Å²) in [5.41, 5.74) is 8.80. The summed E-state index contributed by atoms with van der Waals surface area (Å²) in [6.45, 7) is 5.35. The highest BCUT2D eigenvalue weighted by molar-refractivity contribution is 5.57. The molecule has 1 aliphatic rings. The minimum Gasteiger partial charge on any atom is -0.383 e. The molecule has 0 radical (unpaired) electrons. The highest BCUT2D eigenvalue weighted by Crippen LogP contribution is 2.24. The van der Waals surface area contributed by atoms with Gasteiger partial charge in [-0.2, -0.15) is 5.10 Å². The van der Waals surface area contributed by atoms with Gasteiger partial charge in [0.1, 0.15) is 5.82 Å². The van der Waals surface area contributed by atoms with Gasteiger partial charge in [0.2, 0.25) is 0 Å². The zero-order valence-corrected chi connectivity index (χ0v) is 11.1. The third-order valence-electron chi connectivity index (χ3n) is 3.24. The van der Waals surface area contributed by atoms with Crippen molar-refractivity contribution >= 4 is 5.82 Å². The molecule has 1 aliphatic heterocycles. The van der Waals surface area contributed by atoms with E-state index in [2.05, 4.69) is 28.9 Å². The first-order valence-electron chi connectivity index (χ1n) is 6.42. The van der Waals surface area contributed by atoms with E-state index in [-0.39, 0.29) is 0 Å². The number of ether oxygens (including phenoxy) is 1. The number of anilines is 1. The molecular formula is C13H17N5O. The van der Waals surface area contributed by atoms with Crippen LogP contribution in [0.5, 0.6) is 0 Å². The first kappa shape index (κ1) is 12.1. The monoisotopic (exact) mass is 259 g/mol. The number of hydrogen-bond acceptors (Lipinski definition) is 5. The molecule has 6 heteroatoms. The number of fused-ring (bicyclic) bond motifs is 1. The number of nitrogens with two attached hydrogens (primary N) is 1. The first-order chi connectivity index (χ1) is 9.15. The Kier molecular flexibility index (Phi) is 2.94. The second-order valence-corrected chi connectivity index (χ2v) is 4.96. The van der Waals surface area contributed by atoms with Crippen molar-refractivity contribution in [2.75, 3.05) is 12.3 Å². The van der Waals surface area contributed by atoms with Crippen molar-refractivity contribution in [1.82, 2.24) is 19.7 Å². The van der Waals surface area contributed by atoms with Crippen LogP contribution in [-0.2, 0) is 17.8 Å². The molecule has 0 fully saturated rings. The molecule has 2 aromatic rings. The van der Waals surface area contributed by atoms with E-state index in [1.165, 1.54) is 0 Å². The SMILES string of the molecule is CC(C)n1cc(-c2nc(N)c3c(n2)CCOC3)cn1. The van der Waals surface area contributed by atoms with Crippen LogP contribution in [-0.4, -0.2) is 26.4 Å². The first-order valence-corrected chi connectivity index (χ1v) is 6.42. The van der Waals surface area contributed by atoms with Crippen LogP contribution in [0, 0.1) is 0 Å². The summed E-state index contributed by atoms with van der Waals surface area (Å²) < 4.78 is 7.27. The fourth-order valence-electron chi connectivity index (χ4n) is 2.12. The Labute approximate surface area is 111 Å². The molecule has 0 saturated carbocycles. The van der Waals surface area contributed by atoms with Crippen LogP contribution in [0.2, 0.25) is 0 Å². The van der Waals surface area contributed by atoms with E-state index in [4.69, 9.17) is 10.5 Å². The van der Waals surface area contributed by atoms with Crippen LogP contribution < -0.4 is 5.73 Å². The van der Waals surface area contributed by atoms with Crippen molar-refractivity contribution in [3.05, 3.63) is 23.7 Å². The summed E-state index contributed by atoms with van der Waals surface area (Å²) in [6, 6.07) is 0.317. The molecule has 6 nitrogen and oxygen atoms in total. The van der Waals surface area contributed by atoms with Crippen LogP contribution in [0.1, 0.15) is 31.1 Å². The van der Waals surface area contributed by atoms with E-state index in [0.29, 0.717) is 30.9 Å². The summed E-state index contributed by atoms with van der Waals surface area (Å²) in [5, 5.41) is 4.30. The molecule has 0 saturated heterocycles. The molecular weight excluding hydrogens is 242 g/mol. The molecule has 0 aromatic carbocycles. The minimum absolute atomic E-state index is 0.317.